The standard InChI is InChI=1S/C14H22FN/c1-8(2)11-7-16-14(10(5)6)13(15)12(11)9(3)4/h7-10H,1-6H3. The normalized spacial score (nSPS) is 11.9. The van der Waals surface area contributed by atoms with Crippen LogP contribution in [0, 0.1) is 5.82 Å². The molecule has 0 saturated heterocycles. The van der Waals surface area contributed by atoms with Crippen molar-refractivity contribution in [3.8, 4) is 0 Å². The van der Waals surface area contributed by atoms with E-state index in [9.17, 15) is 4.39 Å². The highest BCUT2D eigenvalue weighted by Crippen LogP contribution is 2.31. The lowest BCUT2D eigenvalue weighted by Gasteiger charge is -2.19. The molecule has 0 radical (unpaired) electrons. The van der Waals surface area contributed by atoms with Gasteiger partial charge in [-0.2, -0.15) is 0 Å². The molecule has 1 heterocycles. The van der Waals surface area contributed by atoms with Crippen LogP contribution in [-0.4, -0.2) is 4.98 Å². The van der Waals surface area contributed by atoms with Crippen molar-refractivity contribution in [2.75, 3.05) is 0 Å². The maximum Gasteiger partial charge on any atom is 0.148 e. The van der Waals surface area contributed by atoms with Gasteiger partial charge in [0.25, 0.3) is 0 Å². The Balaban J connectivity index is 3.42. The second-order valence-electron chi connectivity index (χ2n) is 5.29. The molecule has 90 valence electrons. The first-order chi connectivity index (χ1) is 7.36. The highest BCUT2D eigenvalue weighted by Gasteiger charge is 2.20. The van der Waals surface area contributed by atoms with Crippen LogP contribution < -0.4 is 0 Å². The molecule has 0 aromatic carbocycles. The fourth-order valence-corrected chi connectivity index (χ4v) is 1.98. The van der Waals surface area contributed by atoms with Crippen molar-refractivity contribution in [2.45, 2.75) is 59.3 Å². The van der Waals surface area contributed by atoms with Crippen molar-refractivity contribution >= 4 is 0 Å². The van der Waals surface area contributed by atoms with Gasteiger partial charge in [0.15, 0.2) is 0 Å². The molecule has 0 saturated carbocycles. The van der Waals surface area contributed by atoms with Crippen LogP contribution in [0.15, 0.2) is 6.20 Å². The predicted octanol–water partition coefficient (Wildman–Crippen LogP) is 4.59. The van der Waals surface area contributed by atoms with E-state index in [-0.39, 0.29) is 17.7 Å². The summed E-state index contributed by atoms with van der Waals surface area (Å²) < 4.78 is 14.3. The number of aromatic nitrogens is 1. The second kappa shape index (κ2) is 4.94. The molecule has 0 atom stereocenters. The van der Waals surface area contributed by atoms with Crippen LogP contribution >= 0.6 is 0 Å². The summed E-state index contributed by atoms with van der Waals surface area (Å²) in [6, 6.07) is 0. The molecule has 16 heavy (non-hydrogen) atoms. The SMILES string of the molecule is CC(C)c1cnc(C(C)C)c(F)c1C(C)C. The van der Waals surface area contributed by atoms with Crippen molar-refractivity contribution < 1.29 is 4.39 Å². The summed E-state index contributed by atoms with van der Waals surface area (Å²) in [5.41, 5.74) is 2.47. The topological polar surface area (TPSA) is 12.9 Å². The molecule has 0 aliphatic heterocycles. The molecule has 0 spiro atoms. The van der Waals surface area contributed by atoms with Gasteiger partial charge in [0.05, 0.1) is 5.69 Å². The van der Waals surface area contributed by atoms with E-state index in [4.69, 9.17) is 0 Å². The van der Waals surface area contributed by atoms with Crippen molar-refractivity contribution in [1.29, 1.82) is 0 Å². The summed E-state index contributed by atoms with van der Waals surface area (Å²) in [4.78, 5) is 4.27. The third kappa shape index (κ3) is 2.42. The van der Waals surface area contributed by atoms with E-state index >= 15 is 0 Å². The Morgan fingerprint density at radius 3 is 1.88 bits per heavy atom. The fourth-order valence-electron chi connectivity index (χ4n) is 1.98. The van der Waals surface area contributed by atoms with Crippen molar-refractivity contribution in [2.24, 2.45) is 0 Å². The van der Waals surface area contributed by atoms with Gasteiger partial charge in [-0.3, -0.25) is 4.98 Å². The molecule has 1 aromatic heterocycles. The minimum atomic E-state index is -0.101. The lowest BCUT2D eigenvalue weighted by atomic mass is 9.90. The van der Waals surface area contributed by atoms with Crippen LogP contribution in [-0.2, 0) is 0 Å². The van der Waals surface area contributed by atoms with Gasteiger partial charge in [-0.15, -0.1) is 0 Å². The summed E-state index contributed by atoms with van der Waals surface area (Å²) in [7, 11) is 0. The zero-order chi connectivity index (χ0) is 12.5. The average molecular weight is 223 g/mol. The van der Waals surface area contributed by atoms with Crippen LogP contribution in [0.5, 0.6) is 0 Å². The first-order valence-corrected chi connectivity index (χ1v) is 6.04. The monoisotopic (exact) mass is 223 g/mol. The quantitative estimate of drug-likeness (QED) is 0.730. The van der Waals surface area contributed by atoms with Gasteiger partial charge in [-0.25, -0.2) is 4.39 Å². The first-order valence-electron chi connectivity index (χ1n) is 6.04. The van der Waals surface area contributed by atoms with Crippen molar-refractivity contribution in [3.05, 3.63) is 28.8 Å². The number of halogens is 1. The van der Waals surface area contributed by atoms with Crippen molar-refractivity contribution in [1.82, 2.24) is 4.98 Å². The average Bonchev–Trinajstić information content (AvgIpc) is 2.15. The number of pyridine rings is 1. The zero-order valence-electron chi connectivity index (χ0n) is 11.1. The Hall–Kier alpha value is -0.920. The van der Waals surface area contributed by atoms with Crippen LogP contribution in [0.25, 0.3) is 0 Å². The van der Waals surface area contributed by atoms with Gasteiger partial charge in [0.1, 0.15) is 5.82 Å². The van der Waals surface area contributed by atoms with E-state index in [1.807, 2.05) is 33.9 Å². The molecule has 1 nitrogen and oxygen atoms in total. The Morgan fingerprint density at radius 2 is 1.50 bits per heavy atom. The van der Waals surface area contributed by atoms with Gasteiger partial charge < -0.3 is 0 Å². The summed E-state index contributed by atoms with van der Waals surface area (Å²) in [5, 5.41) is 0. The molecule has 0 amide bonds. The minimum Gasteiger partial charge on any atom is -0.258 e. The predicted molar refractivity (Wildman–Crippen MR) is 66.5 cm³/mol. The summed E-state index contributed by atoms with van der Waals surface area (Å²) >= 11 is 0. The molecule has 2 heteroatoms. The Bertz CT molecular complexity index is 367. The van der Waals surface area contributed by atoms with Crippen molar-refractivity contribution in [3.63, 3.8) is 0 Å². The fraction of sp³-hybridized carbons (Fsp3) is 0.643. The molecule has 1 rings (SSSR count). The maximum absolute atomic E-state index is 14.3. The molecular formula is C14H22FN. The number of hydrogen-bond acceptors (Lipinski definition) is 1. The van der Waals surface area contributed by atoms with E-state index in [1.165, 1.54) is 0 Å². The first kappa shape index (κ1) is 13.1. The van der Waals surface area contributed by atoms with Crippen LogP contribution in [0.3, 0.4) is 0 Å². The number of nitrogens with zero attached hydrogens (tertiary/aromatic N) is 1. The van der Waals surface area contributed by atoms with E-state index in [1.54, 1.807) is 0 Å². The number of rotatable bonds is 3. The van der Waals surface area contributed by atoms with Gasteiger partial charge in [-0.05, 0) is 28.9 Å². The summed E-state index contributed by atoms with van der Waals surface area (Å²) in [6.07, 6.45) is 1.85. The lowest BCUT2D eigenvalue weighted by Crippen LogP contribution is -2.09. The smallest absolute Gasteiger partial charge is 0.148 e. The van der Waals surface area contributed by atoms with E-state index in [2.05, 4.69) is 18.8 Å². The second-order valence-corrected chi connectivity index (χ2v) is 5.29. The molecular weight excluding hydrogens is 201 g/mol. The van der Waals surface area contributed by atoms with Gasteiger partial charge in [0, 0.05) is 6.20 Å². The molecule has 0 bridgehead atoms. The maximum atomic E-state index is 14.3. The molecule has 0 aliphatic rings. The Kier molecular flexibility index (Phi) is 4.06. The van der Waals surface area contributed by atoms with Gasteiger partial charge >= 0.3 is 0 Å². The Labute approximate surface area is 98.1 Å². The van der Waals surface area contributed by atoms with Crippen LogP contribution in [0.4, 0.5) is 4.39 Å². The number of hydrogen-bond donors (Lipinski definition) is 0. The minimum absolute atomic E-state index is 0.101. The van der Waals surface area contributed by atoms with E-state index < -0.39 is 0 Å². The molecule has 0 aliphatic carbocycles. The molecule has 0 unspecified atom stereocenters. The molecule has 0 N–H and O–H groups in total. The molecule has 0 fully saturated rings. The molecule has 1 aromatic rings. The van der Waals surface area contributed by atoms with E-state index in [0.717, 1.165) is 11.1 Å². The van der Waals surface area contributed by atoms with Gasteiger partial charge in [0.2, 0.25) is 0 Å². The van der Waals surface area contributed by atoms with Crippen LogP contribution in [0.2, 0.25) is 0 Å². The summed E-state index contributed by atoms with van der Waals surface area (Å²) in [6.45, 7) is 12.2. The largest absolute Gasteiger partial charge is 0.258 e. The third-order valence-electron chi connectivity index (χ3n) is 2.86. The zero-order valence-corrected chi connectivity index (χ0v) is 11.1. The van der Waals surface area contributed by atoms with Crippen LogP contribution in [0.1, 0.15) is 76.1 Å². The van der Waals surface area contributed by atoms with E-state index in [0.29, 0.717) is 11.6 Å². The Morgan fingerprint density at radius 1 is 0.938 bits per heavy atom. The highest BCUT2D eigenvalue weighted by molar-refractivity contribution is 5.34. The summed E-state index contributed by atoms with van der Waals surface area (Å²) in [5.74, 6) is 0.563. The van der Waals surface area contributed by atoms with Gasteiger partial charge in [-0.1, -0.05) is 41.5 Å². The third-order valence-corrected chi connectivity index (χ3v) is 2.86. The lowest BCUT2D eigenvalue weighted by molar-refractivity contribution is 0.551. The highest BCUT2D eigenvalue weighted by atomic mass is 19.1.